The van der Waals surface area contributed by atoms with E-state index in [4.69, 9.17) is 11.6 Å². The van der Waals surface area contributed by atoms with Gasteiger partial charge in [-0.15, -0.1) is 0 Å². The summed E-state index contributed by atoms with van der Waals surface area (Å²) in [6.07, 6.45) is 4.67. The Hall–Kier alpha value is -2.51. The molecule has 0 aliphatic carbocycles. The summed E-state index contributed by atoms with van der Waals surface area (Å²) in [5, 5.41) is 4.22. The van der Waals surface area contributed by atoms with Crippen LogP contribution in [0.15, 0.2) is 53.0 Å². The number of aromatic nitrogens is 4. The van der Waals surface area contributed by atoms with Gasteiger partial charge in [0.15, 0.2) is 5.16 Å². The number of halogens is 1. The van der Waals surface area contributed by atoms with Crippen LogP contribution in [0.2, 0.25) is 5.02 Å². The Morgan fingerprint density at radius 1 is 1.16 bits per heavy atom. The molecule has 0 aliphatic rings. The molecule has 3 aromatic rings. The number of amides is 1. The van der Waals surface area contributed by atoms with E-state index in [1.807, 2.05) is 19.9 Å². The Morgan fingerprint density at radius 2 is 1.92 bits per heavy atom. The molecule has 0 saturated carbocycles. The monoisotopic (exact) mass is 371 g/mol. The second-order valence-electron chi connectivity index (χ2n) is 5.24. The molecule has 0 aliphatic heterocycles. The fourth-order valence-electron chi connectivity index (χ4n) is 2.09. The van der Waals surface area contributed by atoms with E-state index in [2.05, 4.69) is 25.3 Å². The highest BCUT2D eigenvalue weighted by Crippen LogP contribution is 2.30. The predicted octanol–water partition coefficient (Wildman–Crippen LogP) is 3.94. The number of pyridine rings is 2. The first-order chi connectivity index (χ1) is 12.0. The Morgan fingerprint density at radius 3 is 2.56 bits per heavy atom. The molecule has 3 aromatic heterocycles. The highest BCUT2D eigenvalue weighted by Gasteiger charge is 2.13. The number of nitrogens with one attached hydrogen (secondary N) is 1. The van der Waals surface area contributed by atoms with Gasteiger partial charge in [0.05, 0.1) is 22.5 Å². The minimum absolute atomic E-state index is 0.304. The van der Waals surface area contributed by atoms with Gasteiger partial charge in [0, 0.05) is 23.8 Å². The second-order valence-corrected chi connectivity index (χ2v) is 6.61. The van der Waals surface area contributed by atoms with Gasteiger partial charge in [-0.25, -0.2) is 15.0 Å². The van der Waals surface area contributed by atoms with E-state index < -0.39 is 0 Å². The number of hydrogen-bond donors (Lipinski definition) is 1. The van der Waals surface area contributed by atoms with Crippen LogP contribution in [0.3, 0.4) is 0 Å². The van der Waals surface area contributed by atoms with Crippen LogP contribution in [0.25, 0.3) is 0 Å². The average Bonchev–Trinajstić information content (AvgIpc) is 2.56. The van der Waals surface area contributed by atoms with E-state index in [0.29, 0.717) is 26.5 Å². The van der Waals surface area contributed by atoms with Crippen LogP contribution in [0.5, 0.6) is 0 Å². The van der Waals surface area contributed by atoms with Crippen LogP contribution in [-0.4, -0.2) is 25.8 Å². The highest BCUT2D eigenvalue weighted by molar-refractivity contribution is 7.99. The third-order valence-corrected chi connectivity index (χ3v) is 4.42. The lowest BCUT2D eigenvalue weighted by Gasteiger charge is -2.07. The summed E-state index contributed by atoms with van der Waals surface area (Å²) in [5.41, 5.74) is 2.71. The molecular formula is C17H14ClN5OS. The van der Waals surface area contributed by atoms with Crippen molar-refractivity contribution in [3.8, 4) is 0 Å². The molecule has 0 bridgehead atoms. The molecule has 0 radical (unpaired) electrons. The zero-order valence-corrected chi connectivity index (χ0v) is 15.1. The van der Waals surface area contributed by atoms with Crippen molar-refractivity contribution < 1.29 is 4.79 Å². The average molecular weight is 372 g/mol. The molecule has 0 fully saturated rings. The molecule has 0 unspecified atom stereocenters. The van der Waals surface area contributed by atoms with E-state index in [0.717, 1.165) is 11.4 Å². The lowest BCUT2D eigenvalue weighted by molar-refractivity contribution is 0.102. The Balaban J connectivity index is 1.77. The van der Waals surface area contributed by atoms with Crippen LogP contribution < -0.4 is 5.32 Å². The van der Waals surface area contributed by atoms with Gasteiger partial charge in [-0.2, -0.15) is 0 Å². The largest absolute Gasteiger partial charge is 0.321 e. The first-order valence-corrected chi connectivity index (χ1v) is 8.58. The molecule has 8 heteroatoms. The minimum Gasteiger partial charge on any atom is -0.321 e. The van der Waals surface area contributed by atoms with E-state index >= 15 is 0 Å². The minimum atomic E-state index is -0.304. The molecule has 0 aromatic carbocycles. The summed E-state index contributed by atoms with van der Waals surface area (Å²) < 4.78 is 0. The highest BCUT2D eigenvalue weighted by atomic mass is 35.5. The van der Waals surface area contributed by atoms with Crippen LogP contribution in [0.4, 0.5) is 5.69 Å². The molecule has 0 saturated heterocycles. The third kappa shape index (κ3) is 4.52. The summed E-state index contributed by atoms with van der Waals surface area (Å²) in [5.74, 6) is -0.304. The summed E-state index contributed by atoms with van der Waals surface area (Å²) in [4.78, 5) is 29.2. The van der Waals surface area contributed by atoms with Crippen LogP contribution >= 0.6 is 23.4 Å². The first kappa shape index (κ1) is 17.3. The predicted molar refractivity (Wildman–Crippen MR) is 97.1 cm³/mol. The molecular weight excluding hydrogens is 358 g/mol. The normalized spacial score (nSPS) is 10.5. The molecule has 0 atom stereocenters. The number of hydrogen-bond acceptors (Lipinski definition) is 6. The molecule has 25 heavy (non-hydrogen) atoms. The number of carbonyl (C=O) groups excluding carboxylic acids is 1. The summed E-state index contributed by atoms with van der Waals surface area (Å²) in [7, 11) is 0. The van der Waals surface area contributed by atoms with E-state index in [-0.39, 0.29) is 5.91 Å². The number of nitrogens with zero attached hydrogens (tertiary/aromatic N) is 4. The van der Waals surface area contributed by atoms with Gasteiger partial charge >= 0.3 is 0 Å². The maximum Gasteiger partial charge on any atom is 0.257 e. The van der Waals surface area contributed by atoms with Crippen molar-refractivity contribution in [1.29, 1.82) is 0 Å². The standard InChI is InChI=1S/C17H14ClN5OS/c1-10-6-11(2)22-17(21-10)25-16-14(18)7-12(8-20-16)15(24)23-13-4-3-5-19-9-13/h3-9H,1-2H3,(H,23,24). The number of aryl methyl sites for hydroxylation is 2. The van der Waals surface area contributed by atoms with Gasteiger partial charge in [0.1, 0.15) is 5.03 Å². The van der Waals surface area contributed by atoms with Crippen molar-refractivity contribution in [1.82, 2.24) is 19.9 Å². The fraction of sp³-hybridized carbons (Fsp3) is 0.118. The zero-order chi connectivity index (χ0) is 17.8. The van der Waals surface area contributed by atoms with Crippen molar-refractivity contribution in [3.63, 3.8) is 0 Å². The maximum absolute atomic E-state index is 12.3. The molecule has 0 spiro atoms. The topological polar surface area (TPSA) is 80.7 Å². The summed E-state index contributed by atoms with van der Waals surface area (Å²) in [6.45, 7) is 3.80. The van der Waals surface area contributed by atoms with Crippen molar-refractivity contribution in [3.05, 3.63) is 64.8 Å². The SMILES string of the molecule is Cc1cc(C)nc(Sc2ncc(C(=O)Nc3cccnc3)cc2Cl)n1. The quantitative estimate of drug-likeness (QED) is 0.699. The van der Waals surface area contributed by atoms with Gasteiger partial charge in [-0.1, -0.05) is 11.6 Å². The number of anilines is 1. The summed E-state index contributed by atoms with van der Waals surface area (Å²) >= 11 is 7.53. The number of rotatable bonds is 4. The van der Waals surface area contributed by atoms with Gasteiger partial charge in [-0.05, 0) is 49.9 Å². The van der Waals surface area contributed by atoms with Crippen molar-refractivity contribution in [2.75, 3.05) is 5.32 Å². The van der Waals surface area contributed by atoms with Gasteiger partial charge < -0.3 is 5.32 Å². The van der Waals surface area contributed by atoms with E-state index in [1.54, 1.807) is 30.6 Å². The first-order valence-electron chi connectivity index (χ1n) is 7.38. The molecule has 6 nitrogen and oxygen atoms in total. The van der Waals surface area contributed by atoms with E-state index in [9.17, 15) is 4.79 Å². The molecule has 1 N–H and O–H groups in total. The van der Waals surface area contributed by atoms with Crippen molar-refractivity contribution in [2.45, 2.75) is 24.0 Å². The van der Waals surface area contributed by atoms with Crippen LogP contribution in [0, 0.1) is 13.8 Å². The molecule has 126 valence electrons. The fourth-order valence-corrected chi connectivity index (χ4v) is 3.19. The molecule has 1 amide bonds. The lowest BCUT2D eigenvalue weighted by Crippen LogP contribution is -2.12. The Kier molecular flexibility index (Phi) is 5.25. The van der Waals surface area contributed by atoms with Gasteiger partial charge in [0.2, 0.25) is 0 Å². The summed E-state index contributed by atoms with van der Waals surface area (Å²) in [6, 6.07) is 6.96. The molecule has 3 rings (SSSR count). The lowest BCUT2D eigenvalue weighted by atomic mass is 10.2. The van der Waals surface area contributed by atoms with Gasteiger partial charge in [0.25, 0.3) is 5.91 Å². The Bertz CT molecular complexity index is 900. The molecule has 3 heterocycles. The maximum atomic E-state index is 12.3. The zero-order valence-electron chi connectivity index (χ0n) is 13.5. The smallest absolute Gasteiger partial charge is 0.257 e. The Labute approximate surface area is 154 Å². The number of carbonyl (C=O) groups is 1. The van der Waals surface area contributed by atoms with Crippen LogP contribution in [0.1, 0.15) is 21.7 Å². The van der Waals surface area contributed by atoms with Gasteiger partial charge in [-0.3, -0.25) is 9.78 Å². The van der Waals surface area contributed by atoms with Crippen LogP contribution in [-0.2, 0) is 0 Å². The van der Waals surface area contributed by atoms with E-state index in [1.165, 1.54) is 18.0 Å². The second kappa shape index (κ2) is 7.58. The van der Waals surface area contributed by atoms with Crippen molar-refractivity contribution >= 4 is 35.0 Å². The third-order valence-electron chi connectivity index (χ3n) is 3.14. The van der Waals surface area contributed by atoms with Crippen molar-refractivity contribution in [2.24, 2.45) is 0 Å².